The Bertz CT molecular complexity index is 975. The number of hydrogen-bond donors (Lipinski definition) is 5. The van der Waals surface area contributed by atoms with E-state index in [4.69, 9.17) is 10.5 Å². The molecule has 6 N–H and O–H groups in total. The highest BCUT2D eigenvalue weighted by Crippen LogP contribution is 2.16. The Hall–Kier alpha value is -3.15. The zero-order chi connectivity index (χ0) is 23.1. The molecule has 1 aliphatic heterocycles. The summed E-state index contributed by atoms with van der Waals surface area (Å²) in [6, 6.07) is 11.3. The lowest BCUT2D eigenvalue weighted by atomic mass is 10.1. The molecule has 11 heteroatoms. The van der Waals surface area contributed by atoms with Crippen molar-refractivity contribution in [3.8, 4) is 5.75 Å². The molecule has 2 aromatic rings. The van der Waals surface area contributed by atoms with Crippen LogP contribution in [0.25, 0.3) is 0 Å². The number of rotatable bonds is 8. The highest BCUT2D eigenvalue weighted by atomic mass is 32.2. The first-order valence-corrected chi connectivity index (χ1v) is 10.9. The number of amides is 3. The van der Waals surface area contributed by atoms with E-state index < -0.39 is 41.2 Å². The fourth-order valence-electron chi connectivity index (χ4n) is 2.94. The Morgan fingerprint density at radius 1 is 1.19 bits per heavy atom. The van der Waals surface area contributed by atoms with Crippen LogP contribution in [0, 0.1) is 5.82 Å². The minimum absolute atomic E-state index is 0.0534. The van der Waals surface area contributed by atoms with Crippen molar-refractivity contribution in [3.63, 3.8) is 0 Å². The molecule has 9 nitrogen and oxygen atoms in total. The lowest BCUT2D eigenvalue weighted by molar-refractivity contribution is -0.125. The molecule has 32 heavy (non-hydrogen) atoms. The number of anilines is 1. The molecule has 1 heterocycles. The summed E-state index contributed by atoms with van der Waals surface area (Å²) in [7, 11) is 0. The Balaban J connectivity index is 1.49. The van der Waals surface area contributed by atoms with Crippen LogP contribution in [0.5, 0.6) is 5.75 Å². The van der Waals surface area contributed by atoms with Gasteiger partial charge in [0.25, 0.3) is 5.91 Å². The van der Waals surface area contributed by atoms with Crippen LogP contribution in [0.2, 0.25) is 0 Å². The highest BCUT2D eigenvalue weighted by molar-refractivity contribution is 8.00. The molecule has 3 rings (SSSR count). The zero-order valence-electron chi connectivity index (χ0n) is 17.3. The number of carbonyl (C=O) groups is 3. The van der Waals surface area contributed by atoms with Crippen molar-refractivity contribution in [3.05, 3.63) is 59.9 Å². The van der Waals surface area contributed by atoms with Gasteiger partial charge in [0.05, 0.1) is 24.2 Å². The number of benzene rings is 2. The van der Waals surface area contributed by atoms with Crippen molar-refractivity contribution in [1.82, 2.24) is 16.0 Å². The molecule has 2 aromatic carbocycles. The molecule has 0 bridgehead atoms. The van der Waals surface area contributed by atoms with Gasteiger partial charge in [-0.2, -0.15) is 0 Å². The zero-order valence-corrected chi connectivity index (χ0v) is 18.1. The molecular formula is C21H24FN5O4S. The second kappa shape index (κ2) is 10.9. The van der Waals surface area contributed by atoms with Gasteiger partial charge in [0.1, 0.15) is 23.1 Å². The second-order valence-corrected chi connectivity index (χ2v) is 7.92. The summed E-state index contributed by atoms with van der Waals surface area (Å²) in [5, 5.41) is 10.7. The van der Waals surface area contributed by atoms with E-state index in [1.165, 1.54) is 18.2 Å². The van der Waals surface area contributed by atoms with Crippen LogP contribution in [0.1, 0.15) is 17.3 Å². The van der Waals surface area contributed by atoms with Gasteiger partial charge in [-0.3, -0.25) is 19.7 Å². The number of thioether (sulfide) groups is 1. The third-order valence-electron chi connectivity index (χ3n) is 4.50. The molecule has 0 aromatic heterocycles. The number of hydrogen-bond acceptors (Lipinski definition) is 7. The van der Waals surface area contributed by atoms with Gasteiger partial charge in [-0.1, -0.05) is 12.1 Å². The van der Waals surface area contributed by atoms with E-state index in [-0.39, 0.29) is 11.4 Å². The molecule has 3 amide bonds. The van der Waals surface area contributed by atoms with Crippen molar-refractivity contribution < 1.29 is 23.5 Å². The summed E-state index contributed by atoms with van der Waals surface area (Å²) < 4.78 is 19.0. The van der Waals surface area contributed by atoms with Crippen molar-refractivity contribution in [1.29, 1.82) is 0 Å². The first-order valence-electron chi connectivity index (χ1n) is 9.89. The summed E-state index contributed by atoms with van der Waals surface area (Å²) in [5.74, 6) is -1.33. The third-order valence-corrected chi connectivity index (χ3v) is 5.52. The lowest BCUT2D eigenvalue weighted by Gasteiger charge is -2.35. The monoisotopic (exact) mass is 461 g/mol. The molecule has 170 valence electrons. The lowest BCUT2D eigenvalue weighted by Crippen LogP contribution is -2.70. The van der Waals surface area contributed by atoms with Gasteiger partial charge >= 0.3 is 0 Å². The maximum absolute atomic E-state index is 13.6. The fraction of sp³-hybridized carbons (Fsp3) is 0.286. The first kappa shape index (κ1) is 23.5. The van der Waals surface area contributed by atoms with Crippen LogP contribution in [-0.4, -0.2) is 47.8 Å². The summed E-state index contributed by atoms with van der Waals surface area (Å²) in [4.78, 5) is 37.0. The van der Waals surface area contributed by atoms with Gasteiger partial charge in [-0.15, -0.1) is 11.8 Å². The first-order chi connectivity index (χ1) is 15.4. The van der Waals surface area contributed by atoms with E-state index >= 15 is 0 Å². The molecule has 0 saturated carbocycles. The summed E-state index contributed by atoms with van der Waals surface area (Å²) in [6.45, 7) is 2.37. The normalized spacial score (nSPS) is 20.2. The molecule has 0 spiro atoms. The maximum atomic E-state index is 13.6. The SMILES string of the molecule is CCOc1ccc(C(=O)NC2C(=O)NC(SCC(=O)Nc3ccccc3F)NC2N)cc1. The molecule has 0 aliphatic carbocycles. The number of halogens is 1. The van der Waals surface area contributed by atoms with Gasteiger partial charge in [0, 0.05) is 5.56 Å². The molecule has 1 fully saturated rings. The van der Waals surface area contributed by atoms with Crippen molar-refractivity contribution in [2.24, 2.45) is 5.73 Å². The standard InChI is InChI=1S/C21H24FN5O4S/c1-2-31-13-9-7-12(8-10-13)19(29)25-17-18(23)26-21(27-20(17)30)32-11-16(28)24-15-6-4-3-5-14(15)22/h3-10,17-18,21,26H,2,11,23H2,1H3,(H,24,28)(H,25,29)(H,27,30). The van der Waals surface area contributed by atoms with Crippen LogP contribution in [0.15, 0.2) is 48.5 Å². The largest absolute Gasteiger partial charge is 0.494 e. The van der Waals surface area contributed by atoms with Crippen LogP contribution in [0.3, 0.4) is 0 Å². The molecule has 3 atom stereocenters. The quantitative estimate of drug-likeness (QED) is 0.396. The van der Waals surface area contributed by atoms with E-state index in [0.717, 1.165) is 11.8 Å². The minimum atomic E-state index is -1.00. The van der Waals surface area contributed by atoms with E-state index in [1.54, 1.807) is 30.3 Å². The Morgan fingerprint density at radius 3 is 2.56 bits per heavy atom. The predicted octanol–water partition coefficient (Wildman–Crippen LogP) is 0.982. The molecule has 0 radical (unpaired) electrons. The molecular weight excluding hydrogens is 437 g/mol. The average Bonchev–Trinajstić information content (AvgIpc) is 2.77. The van der Waals surface area contributed by atoms with Crippen molar-refractivity contribution in [2.75, 3.05) is 17.7 Å². The van der Waals surface area contributed by atoms with Crippen molar-refractivity contribution >= 4 is 35.2 Å². The van der Waals surface area contributed by atoms with E-state index in [9.17, 15) is 18.8 Å². The summed E-state index contributed by atoms with van der Waals surface area (Å²) in [5.41, 5.74) is 5.81. The van der Waals surface area contributed by atoms with E-state index in [2.05, 4.69) is 21.3 Å². The van der Waals surface area contributed by atoms with Crippen LogP contribution >= 0.6 is 11.8 Å². The minimum Gasteiger partial charge on any atom is -0.494 e. The average molecular weight is 462 g/mol. The topological polar surface area (TPSA) is 135 Å². The van der Waals surface area contributed by atoms with Gasteiger partial charge in [0.15, 0.2) is 0 Å². The number of nitrogens with one attached hydrogen (secondary N) is 4. The maximum Gasteiger partial charge on any atom is 0.252 e. The Kier molecular flexibility index (Phi) is 8.03. The van der Waals surface area contributed by atoms with Crippen LogP contribution < -0.4 is 31.7 Å². The molecule has 3 unspecified atom stereocenters. The fourth-order valence-corrected chi connectivity index (χ4v) is 3.78. The Morgan fingerprint density at radius 2 is 1.91 bits per heavy atom. The van der Waals surface area contributed by atoms with Gasteiger partial charge in [-0.25, -0.2) is 4.39 Å². The van der Waals surface area contributed by atoms with E-state index in [1.807, 2.05) is 6.92 Å². The number of para-hydroxylation sites is 1. The smallest absolute Gasteiger partial charge is 0.252 e. The summed E-state index contributed by atoms with van der Waals surface area (Å²) >= 11 is 1.08. The van der Waals surface area contributed by atoms with Gasteiger partial charge in [0.2, 0.25) is 11.8 Å². The van der Waals surface area contributed by atoms with Crippen molar-refractivity contribution in [2.45, 2.75) is 24.6 Å². The number of nitrogens with two attached hydrogens (primary N) is 1. The number of carbonyl (C=O) groups excluding carboxylic acids is 3. The third kappa shape index (κ3) is 6.19. The second-order valence-electron chi connectivity index (χ2n) is 6.83. The highest BCUT2D eigenvalue weighted by Gasteiger charge is 2.35. The van der Waals surface area contributed by atoms with Gasteiger partial charge in [-0.05, 0) is 43.3 Å². The number of ether oxygens (including phenoxy) is 1. The summed E-state index contributed by atoms with van der Waals surface area (Å²) in [6.07, 6.45) is -0.873. The van der Waals surface area contributed by atoms with E-state index in [0.29, 0.717) is 17.9 Å². The van der Waals surface area contributed by atoms with Crippen LogP contribution in [-0.2, 0) is 9.59 Å². The Labute approximate surface area is 188 Å². The molecule has 1 saturated heterocycles. The van der Waals surface area contributed by atoms with Crippen LogP contribution in [0.4, 0.5) is 10.1 Å². The van der Waals surface area contributed by atoms with Gasteiger partial charge < -0.3 is 26.4 Å². The molecule has 1 aliphatic rings. The predicted molar refractivity (Wildman–Crippen MR) is 119 cm³/mol.